The normalized spacial score (nSPS) is 14.1. The number of benzene rings is 1. The predicted molar refractivity (Wildman–Crippen MR) is 70.3 cm³/mol. The molecule has 0 saturated heterocycles. The maximum atomic E-state index is 13.1. The number of likely N-dealkylation sites (N-methyl/N-ethyl adjacent to an activating group) is 1. The van der Waals surface area contributed by atoms with E-state index in [2.05, 4.69) is 32.7 Å². The first-order valence-electron chi connectivity index (χ1n) is 6.09. The third kappa shape index (κ3) is 3.79. The third-order valence-corrected chi connectivity index (χ3v) is 3.65. The Morgan fingerprint density at radius 2 is 2.06 bits per heavy atom. The van der Waals surface area contributed by atoms with Crippen molar-refractivity contribution in [2.24, 2.45) is 5.73 Å². The lowest BCUT2D eigenvalue weighted by Gasteiger charge is -2.36. The van der Waals surface area contributed by atoms with E-state index in [-0.39, 0.29) is 17.4 Å². The molecule has 0 radical (unpaired) electrons. The molecule has 2 nitrogen and oxygen atoms in total. The van der Waals surface area contributed by atoms with E-state index < -0.39 is 0 Å². The number of halogens is 1. The monoisotopic (exact) mass is 238 g/mol. The Hall–Kier alpha value is -0.930. The number of hydrogen-bond acceptors (Lipinski definition) is 2. The molecule has 1 rings (SSSR count). The van der Waals surface area contributed by atoms with Crippen molar-refractivity contribution < 1.29 is 4.39 Å². The highest BCUT2D eigenvalue weighted by Gasteiger charge is 2.23. The Morgan fingerprint density at radius 1 is 1.41 bits per heavy atom. The molecule has 0 spiro atoms. The maximum absolute atomic E-state index is 13.1. The number of rotatable bonds is 5. The smallest absolute Gasteiger partial charge is 0.123 e. The van der Waals surface area contributed by atoms with E-state index in [0.29, 0.717) is 0 Å². The molecule has 0 aliphatic heterocycles. The van der Waals surface area contributed by atoms with Crippen molar-refractivity contribution in [3.63, 3.8) is 0 Å². The average Bonchev–Trinajstić information content (AvgIpc) is 2.28. The lowest BCUT2D eigenvalue weighted by Crippen LogP contribution is -2.44. The number of nitrogens with zero attached hydrogens (tertiary/aromatic N) is 1. The second-order valence-corrected chi connectivity index (χ2v) is 5.21. The molecule has 0 aromatic heterocycles. The zero-order chi connectivity index (χ0) is 13.1. The van der Waals surface area contributed by atoms with Crippen LogP contribution in [0.3, 0.4) is 0 Å². The summed E-state index contributed by atoms with van der Waals surface area (Å²) in [5, 5.41) is 0. The van der Waals surface area contributed by atoms with Gasteiger partial charge in [0.05, 0.1) is 0 Å². The average molecular weight is 238 g/mol. The Kier molecular flexibility index (Phi) is 4.66. The second kappa shape index (κ2) is 5.61. The van der Waals surface area contributed by atoms with E-state index in [1.807, 2.05) is 6.07 Å². The highest BCUT2D eigenvalue weighted by molar-refractivity contribution is 5.20. The van der Waals surface area contributed by atoms with Crippen LogP contribution in [0.2, 0.25) is 0 Å². The molecule has 0 aliphatic rings. The molecule has 1 aromatic rings. The van der Waals surface area contributed by atoms with Gasteiger partial charge in [-0.1, -0.05) is 19.1 Å². The van der Waals surface area contributed by atoms with Crippen LogP contribution in [0, 0.1) is 5.82 Å². The summed E-state index contributed by atoms with van der Waals surface area (Å²) in [5.41, 5.74) is 7.07. The van der Waals surface area contributed by atoms with Gasteiger partial charge in [-0.2, -0.15) is 0 Å². The van der Waals surface area contributed by atoms with Crippen LogP contribution in [0.15, 0.2) is 24.3 Å². The fourth-order valence-electron chi connectivity index (χ4n) is 1.65. The molecule has 0 aliphatic carbocycles. The Balaban J connectivity index is 2.69. The molecule has 0 saturated carbocycles. The molecule has 0 bridgehead atoms. The summed E-state index contributed by atoms with van der Waals surface area (Å²) >= 11 is 0. The summed E-state index contributed by atoms with van der Waals surface area (Å²) in [7, 11) is 2.06. The van der Waals surface area contributed by atoms with Crippen molar-refractivity contribution in [3.05, 3.63) is 35.6 Å². The Morgan fingerprint density at radius 3 is 2.59 bits per heavy atom. The SMILES string of the molecule is CCC(C)(C)N(C)CC(N)c1cccc(F)c1. The van der Waals surface area contributed by atoms with Gasteiger partial charge in [-0.15, -0.1) is 0 Å². The molecular formula is C14H23FN2. The molecule has 96 valence electrons. The van der Waals surface area contributed by atoms with Gasteiger partial charge in [-0.3, -0.25) is 4.90 Å². The zero-order valence-electron chi connectivity index (χ0n) is 11.2. The van der Waals surface area contributed by atoms with Crippen molar-refractivity contribution in [1.82, 2.24) is 4.90 Å². The zero-order valence-corrected chi connectivity index (χ0v) is 11.2. The maximum Gasteiger partial charge on any atom is 0.123 e. The summed E-state index contributed by atoms with van der Waals surface area (Å²) in [6.07, 6.45) is 1.05. The summed E-state index contributed by atoms with van der Waals surface area (Å²) in [5.74, 6) is -0.227. The fraction of sp³-hybridized carbons (Fsp3) is 0.571. The van der Waals surface area contributed by atoms with Crippen LogP contribution < -0.4 is 5.73 Å². The van der Waals surface area contributed by atoms with Crippen LogP contribution in [0.4, 0.5) is 4.39 Å². The minimum atomic E-state index is -0.227. The van der Waals surface area contributed by atoms with Crippen molar-refractivity contribution in [3.8, 4) is 0 Å². The first-order valence-corrected chi connectivity index (χ1v) is 6.09. The minimum Gasteiger partial charge on any atom is -0.323 e. The standard InChI is InChI=1S/C14H23FN2/c1-5-14(2,3)17(4)10-13(16)11-7-6-8-12(15)9-11/h6-9,13H,5,10,16H2,1-4H3. The largest absolute Gasteiger partial charge is 0.323 e. The topological polar surface area (TPSA) is 29.3 Å². The van der Waals surface area contributed by atoms with Crippen molar-refractivity contribution in [2.45, 2.75) is 38.8 Å². The van der Waals surface area contributed by atoms with Gasteiger partial charge >= 0.3 is 0 Å². The summed E-state index contributed by atoms with van der Waals surface area (Å²) in [6.45, 7) is 7.26. The van der Waals surface area contributed by atoms with Crippen LogP contribution in [-0.2, 0) is 0 Å². The highest BCUT2D eigenvalue weighted by atomic mass is 19.1. The van der Waals surface area contributed by atoms with Gasteiger partial charge < -0.3 is 5.73 Å². The Bertz CT molecular complexity index is 363. The molecule has 17 heavy (non-hydrogen) atoms. The minimum absolute atomic E-state index is 0.116. The Labute approximate surface area is 104 Å². The van der Waals surface area contributed by atoms with Gasteiger partial charge in [0.1, 0.15) is 5.82 Å². The fourth-order valence-corrected chi connectivity index (χ4v) is 1.65. The molecule has 0 fully saturated rings. The number of nitrogens with two attached hydrogens (primary N) is 1. The van der Waals surface area contributed by atoms with Gasteiger partial charge in [0.15, 0.2) is 0 Å². The second-order valence-electron chi connectivity index (χ2n) is 5.21. The van der Waals surface area contributed by atoms with E-state index in [0.717, 1.165) is 18.5 Å². The van der Waals surface area contributed by atoms with Crippen molar-refractivity contribution in [1.29, 1.82) is 0 Å². The van der Waals surface area contributed by atoms with Crippen molar-refractivity contribution >= 4 is 0 Å². The molecule has 0 amide bonds. The van der Waals surface area contributed by atoms with E-state index in [4.69, 9.17) is 5.73 Å². The van der Waals surface area contributed by atoms with Crippen LogP contribution in [0.1, 0.15) is 38.8 Å². The van der Waals surface area contributed by atoms with Gasteiger partial charge in [0.2, 0.25) is 0 Å². The summed E-state index contributed by atoms with van der Waals surface area (Å²) < 4.78 is 13.1. The van der Waals surface area contributed by atoms with Crippen LogP contribution in [0.25, 0.3) is 0 Å². The van der Waals surface area contributed by atoms with E-state index >= 15 is 0 Å². The van der Waals surface area contributed by atoms with Crippen molar-refractivity contribution in [2.75, 3.05) is 13.6 Å². The van der Waals surface area contributed by atoms with E-state index in [1.54, 1.807) is 6.07 Å². The predicted octanol–water partition coefficient (Wildman–Crippen LogP) is 2.95. The first kappa shape index (κ1) is 14.1. The molecule has 2 N–H and O–H groups in total. The van der Waals surface area contributed by atoms with E-state index in [1.165, 1.54) is 12.1 Å². The van der Waals surface area contributed by atoms with Gasteiger partial charge in [0.25, 0.3) is 0 Å². The summed E-state index contributed by atoms with van der Waals surface area (Å²) in [6, 6.07) is 6.38. The molecule has 0 heterocycles. The molecule has 1 unspecified atom stereocenters. The number of hydrogen-bond donors (Lipinski definition) is 1. The van der Waals surface area contributed by atoms with Crippen LogP contribution in [0.5, 0.6) is 0 Å². The van der Waals surface area contributed by atoms with Gasteiger partial charge in [-0.25, -0.2) is 4.39 Å². The third-order valence-electron chi connectivity index (χ3n) is 3.65. The van der Waals surface area contributed by atoms with Gasteiger partial charge in [0, 0.05) is 18.1 Å². The van der Waals surface area contributed by atoms with Gasteiger partial charge in [-0.05, 0) is 45.0 Å². The van der Waals surface area contributed by atoms with E-state index in [9.17, 15) is 4.39 Å². The summed E-state index contributed by atoms with van der Waals surface area (Å²) in [4.78, 5) is 2.22. The lowest BCUT2D eigenvalue weighted by molar-refractivity contribution is 0.142. The quantitative estimate of drug-likeness (QED) is 0.854. The molecule has 3 heteroatoms. The van der Waals surface area contributed by atoms with Crippen LogP contribution >= 0.6 is 0 Å². The first-order chi connectivity index (χ1) is 7.86. The molecular weight excluding hydrogens is 215 g/mol. The highest BCUT2D eigenvalue weighted by Crippen LogP contribution is 2.20. The molecule has 1 aromatic carbocycles. The lowest BCUT2D eigenvalue weighted by atomic mass is 9.98. The van der Waals surface area contributed by atoms with Crippen LogP contribution in [-0.4, -0.2) is 24.0 Å². The molecule has 1 atom stereocenters.